The Kier molecular flexibility index (Phi) is 2.62. The highest BCUT2D eigenvalue weighted by molar-refractivity contribution is 7.89. The van der Waals surface area contributed by atoms with E-state index in [9.17, 15) is 8.42 Å². The van der Waals surface area contributed by atoms with Gasteiger partial charge in [-0.05, 0) is 23.3 Å². The molecule has 0 atom stereocenters. The van der Waals surface area contributed by atoms with E-state index in [0.717, 1.165) is 16.7 Å². The van der Waals surface area contributed by atoms with Gasteiger partial charge in [0.1, 0.15) is 0 Å². The number of rotatable bonds is 1. The van der Waals surface area contributed by atoms with Gasteiger partial charge in [-0.1, -0.05) is 30.3 Å². The van der Waals surface area contributed by atoms with Crippen LogP contribution in [0.2, 0.25) is 0 Å². The lowest BCUT2D eigenvalue weighted by Crippen LogP contribution is -2.18. The van der Waals surface area contributed by atoms with Gasteiger partial charge in [0.15, 0.2) is 0 Å². The van der Waals surface area contributed by atoms with Gasteiger partial charge in [0.2, 0.25) is 10.0 Å². The van der Waals surface area contributed by atoms with E-state index in [4.69, 9.17) is 5.73 Å². The first kappa shape index (κ1) is 12.2. The van der Waals surface area contributed by atoms with Crippen LogP contribution in [0.3, 0.4) is 0 Å². The van der Waals surface area contributed by atoms with Crippen LogP contribution in [0.4, 0.5) is 5.69 Å². The summed E-state index contributed by atoms with van der Waals surface area (Å²) in [4.78, 5) is 0.419. The Hall–Kier alpha value is -1.85. The van der Waals surface area contributed by atoms with Crippen molar-refractivity contribution in [2.75, 3.05) is 12.8 Å². The molecule has 0 fully saturated rings. The molecule has 98 valence electrons. The number of fused-ring (bicyclic) bond motifs is 1. The first-order valence-electron chi connectivity index (χ1n) is 5.94. The zero-order chi connectivity index (χ0) is 13.6. The molecule has 5 heteroatoms. The zero-order valence-corrected chi connectivity index (χ0v) is 11.3. The molecule has 4 nitrogen and oxygen atoms in total. The number of nitrogens with two attached hydrogens (primary N) is 1. The normalized spacial score (nSPS) is 17.3. The summed E-state index contributed by atoms with van der Waals surface area (Å²) in [6.45, 7) is 0.431. The maximum absolute atomic E-state index is 12.3. The molecule has 0 saturated heterocycles. The van der Waals surface area contributed by atoms with E-state index in [-0.39, 0.29) is 0 Å². The molecule has 0 aliphatic carbocycles. The van der Waals surface area contributed by atoms with E-state index in [1.54, 1.807) is 19.2 Å². The standard InChI is InChI=1S/C14H14N2O2S/c1-16-9-11-3-2-4-13(14(11)19(16,17)18)10-5-7-12(15)8-6-10/h2-8H,9,15H2,1H3. The van der Waals surface area contributed by atoms with E-state index >= 15 is 0 Å². The van der Waals surface area contributed by atoms with Crippen LogP contribution in [0.1, 0.15) is 5.56 Å². The fourth-order valence-corrected chi connectivity index (χ4v) is 3.93. The molecule has 0 saturated carbocycles. The first-order chi connectivity index (χ1) is 9.00. The van der Waals surface area contributed by atoms with Gasteiger partial charge in [-0.3, -0.25) is 0 Å². The lowest BCUT2D eigenvalue weighted by Gasteiger charge is -2.09. The second-order valence-electron chi connectivity index (χ2n) is 4.68. The lowest BCUT2D eigenvalue weighted by atomic mass is 10.0. The van der Waals surface area contributed by atoms with Crippen molar-refractivity contribution in [3.8, 4) is 11.1 Å². The summed E-state index contributed by atoms with van der Waals surface area (Å²) in [5.74, 6) is 0. The molecular formula is C14H14N2O2S. The Bertz CT molecular complexity index is 737. The summed E-state index contributed by atoms with van der Waals surface area (Å²) >= 11 is 0. The van der Waals surface area contributed by atoms with E-state index in [2.05, 4.69) is 0 Å². The van der Waals surface area contributed by atoms with Crippen LogP contribution >= 0.6 is 0 Å². The van der Waals surface area contributed by atoms with Crippen molar-refractivity contribution in [3.05, 3.63) is 48.0 Å². The number of hydrogen-bond donors (Lipinski definition) is 1. The summed E-state index contributed by atoms with van der Waals surface area (Å²) in [6, 6.07) is 12.8. The molecule has 0 unspecified atom stereocenters. The molecule has 0 spiro atoms. The van der Waals surface area contributed by atoms with Crippen molar-refractivity contribution in [2.24, 2.45) is 0 Å². The number of anilines is 1. The predicted molar refractivity (Wildman–Crippen MR) is 74.9 cm³/mol. The number of nitrogens with zero attached hydrogens (tertiary/aromatic N) is 1. The molecule has 1 aliphatic rings. The van der Waals surface area contributed by atoms with Crippen molar-refractivity contribution >= 4 is 15.7 Å². The van der Waals surface area contributed by atoms with E-state index in [1.807, 2.05) is 30.3 Å². The minimum absolute atomic E-state index is 0.419. The predicted octanol–water partition coefficient (Wildman–Crippen LogP) is 2.07. The SMILES string of the molecule is CN1Cc2cccc(-c3ccc(N)cc3)c2S1(=O)=O. The summed E-state index contributed by atoms with van der Waals surface area (Å²) in [5.41, 5.74) is 8.78. The van der Waals surface area contributed by atoms with E-state index < -0.39 is 10.0 Å². The Morgan fingerprint density at radius 1 is 1.11 bits per heavy atom. The molecule has 2 N–H and O–H groups in total. The fourth-order valence-electron chi connectivity index (χ4n) is 2.38. The molecule has 1 aliphatic heterocycles. The van der Waals surface area contributed by atoms with Crippen LogP contribution < -0.4 is 5.73 Å². The quantitative estimate of drug-likeness (QED) is 0.810. The zero-order valence-electron chi connectivity index (χ0n) is 10.5. The Morgan fingerprint density at radius 3 is 2.47 bits per heavy atom. The monoisotopic (exact) mass is 274 g/mol. The molecule has 0 amide bonds. The van der Waals surface area contributed by atoms with Crippen LogP contribution in [0.5, 0.6) is 0 Å². The van der Waals surface area contributed by atoms with E-state index in [0.29, 0.717) is 17.1 Å². The first-order valence-corrected chi connectivity index (χ1v) is 7.38. The number of hydrogen-bond acceptors (Lipinski definition) is 3. The Labute approximate surface area is 112 Å². The van der Waals surface area contributed by atoms with E-state index in [1.165, 1.54) is 4.31 Å². The van der Waals surface area contributed by atoms with Crippen LogP contribution in [0.15, 0.2) is 47.4 Å². The number of nitrogen functional groups attached to an aromatic ring is 1. The highest BCUT2D eigenvalue weighted by atomic mass is 32.2. The summed E-state index contributed by atoms with van der Waals surface area (Å²) < 4.78 is 26.1. The molecule has 2 aromatic carbocycles. The van der Waals surface area contributed by atoms with Gasteiger partial charge in [0.05, 0.1) is 4.90 Å². The van der Waals surface area contributed by atoms with Crippen LogP contribution in [-0.2, 0) is 16.6 Å². The summed E-state index contributed by atoms with van der Waals surface area (Å²) in [7, 11) is -1.77. The van der Waals surface area contributed by atoms with Crippen molar-refractivity contribution in [1.29, 1.82) is 0 Å². The van der Waals surface area contributed by atoms with Gasteiger partial charge < -0.3 is 5.73 Å². The Balaban J connectivity index is 2.26. The van der Waals surface area contributed by atoms with Crippen LogP contribution in [-0.4, -0.2) is 19.8 Å². The minimum Gasteiger partial charge on any atom is -0.399 e. The number of sulfonamides is 1. The average molecular weight is 274 g/mol. The molecule has 0 aromatic heterocycles. The van der Waals surface area contributed by atoms with Gasteiger partial charge >= 0.3 is 0 Å². The molecule has 0 radical (unpaired) electrons. The average Bonchev–Trinajstić information content (AvgIpc) is 2.61. The van der Waals surface area contributed by atoms with Gasteiger partial charge in [-0.2, -0.15) is 4.31 Å². The molecule has 19 heavy (non-hydrogen) atoms. The molecule has 3 rings (SSSR count). The molecule has 0 bridgehead atoms. The van der Waals surface area contributed by atoms with Gasteiger partial charge in [-0.25, -0.2) is 8.42 Å². The summed E-state index contributed by atoms with van der Waals surface area (Å²) in [6.07, 6.45) is 0. The summed E-state index contributed by atoms with van der Waals surface area (Å²) in [5, 5.41) is 0. The topological polar surface area (TPSA) is 63.4 Å². The van der Waals surface area contributed by atoms with Crippen LogP contribution in [0, 0.1) is 0 Å². The van der Waals surface area contributed by atoms with Gasteiger partial charge in [0.25, 0.3) is 0 Å². The number of benzene rings is 2. The van der Waals surface area contributed by atoms with Crippen molar-refractivity contribution < 1.29 is 8.42 Å². The second-order valence-corrected chi connectivity index (χ2v) is 6.66. The second kappa shape index (κ2) is 4.08. The third-order valence-electron chi connectivity index (χ3n) is 3.38. The van der Waals surface area contributed by atoms with Crippen LogP contribution in [0.25, 0.3) is 11.1 Å². The molecular weight excluding hydrogens is 260 g/mol. The fraction of sp³-hybridized carbons (Fsp3) is 0.143. The molecule has 2 aromatic rings. The third kappa shape index (κ3) is 1.82. The maximum Gasteiger partial charge on any atom is 0.244 e. The maximum atomic E-state index is 12.3. The van der Waals surface area contributed by atoms with Crippen molar-refractivity contribution in [1.82, 2.24) is 4.31 Å². The lowest BCUT2D eigenvalue weighted by molar-refractivity contribution is 0.488. The minimum atomic E-state index is -3.37. The Morgan fingerprint density at radius 2 is 1.79 bits per heavy atom. The third-order valence-corrected chi connectivity index (χ3v) is 5.33. The smallest absolute Gasteiger partial charge is 0.244 e. The highest BCUT2D eigenvalue weighted by Gasteiger charge is 2.34. The van der Waals surface area contributed by atoms with Crippen molar-refractivity contribution in [2.45, 2.75) is 11.4 Å². The molecule has 1 heterocycles. The van der Waals surface area contributed by atoms with Crippen molar-refractivity contribution in [3.63, 3.8) is 0 Å². The van der Waals surface area contributed by atoms with Gasteiger partial charge in [-0.15, -0.1) is 0 Å². The largest absolute Gasteiger partial charge is 0.399 e. The van der Waals surface area contributed by atoms with Gasteiger partial charge in [0, 0.05) is 24.8 Å². The highest BCUT2D eigenvalue weighted by Crippen LogP contribution is 2.37.